The first-order valence-corrected chi connectivity index (χ1v) is 7.34. The fraction of sp³-hybridized carbons (Fsp3) is 0.562. The van der Waals surface area contributed by atoms with Crippen LogP contribution in [0.2, 0.25) is 0 Å². The molecule has 1 aliphatic heterocycles. The Balaban J connectivity index is 1.85. The molecule has 1 aliphatic rings. The summed E-state index contributed by atoms with van der Waals surface area (Å²) >= 11 is 0. The maximum absolute atomic E-state index is 11.8. The molecule has 20 heavy (non-hydrogen) atoms. The highest BCUT2D eigenvalue weighted by atomic mass is 16.1. The van der Waals surface area contributed by atoms with Gasteiger partial charge in [0.1, 0.15) is 0 Å². The first-order valence-electron chi connectivity index (χ1n) is 7.34. The molecule has 1 heterocycles. The van der Waals surface area contributed by atoms with E-state index in [1.54, 1.807) is 0 Å². The van der Waals surface area contributed by atoms with Gasteiger partial charge < -0.3 is 15.5 Å². The maximum atomic E-state index is 11.8. The Bertz CT molecular complexity index is 442. The zero-order valence-electron chi connectivity index (χ0n) is 12.7. The maximum Gasteiger partial charge on any atom is 0.238 e. The van der Waals surface area contributed by atoms with Crippen molar-refractivity contribution in [2.24, 2.45) is 0 Å². The van der Waals surface area contributed by atoms with Crippen LogP contribution < -0.4 is 15.5 Å². The molecule has 0 atom stereocenters. The van der Waals surface area contributed by atoms with E-state index in [1.165, 1.54) is 18.5 Å². The van der Waals surface area contributed by atoms with Crippen LogP contribution in [0.3, 0.4) is 0 Å². The van der Waals surface area contributed by atoms with Gasteiger partial charge in [-0.3, -0.25) is 4.79 Å². The first kappa shape index (κ1) is 14.9. The van der Waals surface area contributed by atoms with E-state index in [9.17, 15) is 4.79 Å². The molecule has 1 aromatic rings. The van der Waals surface area contributed by atoms with Gasteiger partial charge in [0.25, 0.3) is 0 Å². The molecule has 4 nitrogen and oxygen atoms in total. The van der Waals surface area contributed by atoms with Gasteiger partial charge in [0.15, 0.2) is 0 Å². The largest absolute Gasteiger partial charge is 0.372 e. The minimum absolute atomic E-state index is 0.00570. The average molecular weight is 275 g/mol. The number of carbonyl (C=O) groups excluding carboxylic acids is 1. The molecule has 110 valence electrons. The molecule has 0 spiro atoms. The average Bonchev–Trinajstić information content (AvgIpc) is 2.90. The quantitative estimate of drug-likeness (QED) is 0.888. The molecule has 4 heteroatoms. The van der Waals surface area contributed by atoms with Crippen molar-refractivity contribution >= 4 is 17.3 Å². The van der Waals surface area contributed by atoms with E-state index in [0.29, 0.717) is 6.54 Å². The summed E-state index contributed by atoms with van der Waals surface area (Å²) in [5.74, 6) is -0.00570. The molecule has 0 bridgehead atoms. The van der Waals surface area contributed by atoms with Gasteiger partial charge in [-0.15, -0.1) is 0 Å². The Labute approximate surface area is 121 Å². The number of nitrogens with zero attached hydrogens (tertiary/aromatic N) is 1. The van der Waals surface area contributed by atoms with Crippen LogP contribution in [0.5, 0.6) is 0 Å². The smallest absolute Gasteiger partial charge is 0.238 e. The number of rotatable bonds is 4. The lowest BCUT2D eigenvalue weighted by molar-refractivity contribution is -0.115. The predicted octanol–water partition coefficient (Wildman–Crippen LogP) is 2.61. The number of nitrogens with one attached hydrogen (secondary N) is 2. The number of hydrogen-bond acceptors (Lipinski definition) is 3. The Kier molecular flexibility index (Phi) is 4.65. The predicted molar refractivity (Wildman–Crippen MR) is 84.3 cm³/mol. The molecule has 0 radical (unpaired) electrons. The van der Waals surface area contributed by atoms with Crippen LogP contribution in [0.1, 0.15) is 33.6 Å². The summed E-state index contributed by atoms with van der Waals surface area (Å²) in [5, 5.41) is 6.09. The van der Waals surface area contributed by atoms with Crippen LogP contribution in [-0.4, -0.2) is 31.1 Å². The van der Waals surface area contributed by atoms with E-state index in [2.05, 4.69) is 27.7 Å². The molecule has 1 amide bonds. The number of benzene rings is 1. The van der Waals surface area contributed by atoms with Gasteiger partial charge in [-0.25, -0.2) is 0 Å². The third-order valence-corrected chi connectivity index (χ3v) is 3.40. The van der Waals surface area contributed by atoms with Crippen molar-refractivity contribution in [3.8, 4) is 0 Å². The van der Waals surface area contributed by atoms with Crippen molar-refractivity contribution in [1.29, 1.82) is 0 Å². The normalized spacial score (nSPS) is 15.4. The summed E-state index contributed by atoms with van der Waals surface area (Å²) < 4.78 is 0. The van der Waals surface area contributed by atoms with Crippen molar-refractivity contribution in [3.63, 3.8) is 0 Å². The Morgan fingerprint density at radius 1 is 1.15 bits per heavy atom. The second-order valence-corrected chi connectivity index (χ2v) is 6.39. The van der Waals surface area contributed by atoms with Crippen molar-refractivity contribution < 1.29 is 4.79 Å². The molecular weight excluding hydrogens is 250 g/mol. The van der Waals surface area contributed by atoms with Gasteiger partial charge in [-0.05, 0) is 57.9 Å². The minimum atomic E-state index is -0.0447. The van der Waals surface area contributed by atoms with Gasteiger partial charge in [0.2, 0.25) is 5.91 Å². The highest BCUT2D eigenvalue weighted by Crippen LogP contribution is 2.21. The van der Waals surface area contributed by atoms with E-state index in [0.717, 1.165) is 18.8 Å². The van der Waals surface area contributed by atoms with Gasteiger partial charge in [0, 0.05) is 30.0 Å². The number of hydrogen-bond donors (Lipinski definition) is 2. The van der Waals surface area contributed by atoms with E-state index in [1.807, 2.05) is 32.9 Å². The monoisotopic (exact) mass is 275 g/mol. The van der Waals surface area contributed by atoms with E-state index in [4.69, 9.17) is 0 Å². The van der Waals surface area contributed by atoms with E-state index in [-0.39, 0.29) is 11.4 Å². The fourth-order valence-corrected chi connectivity index (χ4v) is 2.28. The second kappa shape index (κ2) is 6.27. The summed E-state index contributed by atoms with van der Waals surface area (Å²) in [5.41, 5.74) is 2.05. The number of carbonyl (C=O) groups is 1. The van der Waals surface area contributed by atoms with Crippen LogP contribution in [0, 0.1) is 0 Å². The minimum Gasteiger partial charge on any atom is -0.372 e. The molecule has 2 rings (SSSR count). The van der Waals surface area contributed by atoms with Crippen molar-refractivity contribution in [1.82, 2.24) is 5.32 Å². The van der Waals surface area contributed by atoms with Crippen LogP contribution in [0.4, 0.5) is 11.4 Å². The van der Waals surface area contributed by atoms with Gasteiger partial charge in [-0.2, -0.15) is 0 Å². The molecule has 0 unspecified atom stereocenters. The Morgan fingerprint density at radius 2 is 1.75 bits per heavy atom. The second-order valence-electron chi connectivity index (χ2n) is 6.39. The lowest BCUT2D eigenvalue weighted by Crippen LogP contribution is -2.41. The number of amides is 1. The summed E-state index contributed by atoms with van der Waals surface area (Å²) in [7, 11) is 0. The molecule has 1 fully saturated rings. The molecule has 1 aromatic carbocycles. The summed E-state index contributed by atoms with van der Waals surface area (Å²) in [4.78, 5) is 14.2. The lowest BCUT2D eigenvalue weighted by Gasteiger charge is -2.20. The molecule has 2 N–H and O–H groups in total. The van der Waals surface area contributed by atoms with Crippen molar-refractivity contribution in [2.45, 2.75) is 39.2 Å². The third kappa shape index (κ3) is 4.53. The zero-order valence-corrected chi connectivity index (χ0v) is 12.7. The van der Waals surface area contributed by atoms with Crippen LogP contribution in [0.25, 0.3) is 0 Å². The molecule has 1 saturated heterocycles. The third-order valence-electron chi connectivity index (χ3n) is 3.40. The molecule has 0 aliphatic carbocycles. The van der Waals surface area contributed by atoms with Gasteiger partial charge in [-0.1, -0.05) is 0 Å². The van der Waals surface area contributed by atoms with Crippen molar-refractivity contribution in [3.05, 3.63) is 24.3 Å². The zero-order chi connectivity index (χ0) is 14.6. The summed E-state index contributed by atoms with van der Waals surface area (Å²) in [6.07, 6.45) is 2.55. The fourth-order valence-electron chi connectivity index (χ4n) is 2.28. The van der Waals surface area contributed by atoms with Gasteiger partial charge in [0.05, 0.1) is 6.54 Å². The van der Waals surface area contributed by atoms with Gasteiger partial charge >= 0.3 is 0 Å². The SMILES string of the molecule is CC(C)(C)NCC(=O)Nc1ccc(N2CCCC2)cc1. The summed E-state index contributed by atoms with van der Waals surface area (Å²) in [6.45, 7) is 8.75. The number of anilines is 2. The topological polar surface area (TPSA) is 44.4 Å². The molecule has 0 aromatic heterocycles. The first-order chi connectivity index (χ1) is 9.44. The lowest BCUT2D eigenvalue weighted by atomic mass is 10.1. The molecular formula is C16H25N3O. The Hall–Kier alpha value is -1.55. The standard InChI is InChI=1S/C16H25N3O/c1-16(2,3)17-12-15(20)18-13-6-8-14(9-7-13)19-10-4-5-11-19/h6-9,17H,4-5,10-12H2,1-3H3,(H,18,20). The van der Waals surface area contributed by atoms with Crippen molar-refractivity contribution in [2.75, 3.05) is 29.9 Å². The van der Waals surface area contributed by atoms with E-state index < -0.39 is 0 Å². The Morgan fingerprint density at radius 3 is 2.30 bits per heavy atom. The summed E-state index contributed by atoms with van der Waals surface area (Å²) in [6, 6.07) is 8.11. The molecule has 0 saturated carbocycles. The highest BCUT2D eigenvalue weighted by molar-refractivity contribution is 5.92. The van der Waals surface area contributed by atoms with Crippen LogP contribution in [0.15, 0.2) is 24.3 Å². The van der Waals surface area contributed by atoms with Crippen LogP contribution >= 0.6 is 0 Å². The van der Waals surface area contributed by atoms with E-state index >= 15 is 0 Å². The van der Waals surface area contributed by atoms with Crippen LogP contribution in [-0.2, 0) is 4.79 Å². The highest BCUT2D eigenvalue weighted by Gasteiger charge is 2.13.